The summed E-state index contributed by atoms with van der Waals surface area (Å²) >= 11 is 3.35. The van der Waals surface area contributed by atoms with Crippen LogP contribution in [0.5, 0.6) is 0 Å². The molecule has 0 aliphatic carbocycles. The molecule has 0 atom stereocenters. The highest BCUT2D eigenvalue weighted by Gasteiger charge is 2.09. The number of anilines is 1. The Morgan fingerprint density at radius 2 is 2.00 bits per heavy atom. The molecule has 92 valence electrons. The molecule has 2 aromatic rings. The molecule has 0 saturated heterocycles. The van der Waals surface area contributed by atoms with Gasteiger partial charge < -0.3 is 5.32 Å². The third-order valence-electron chi connectivity index (χ3n) is 2.28. The van der Waals surface area contributed by atoms with E-state index in [-0.39, 0.29) is 5.91 Å². The van der Waals surface area contributed by atoms with Gasteiger partial charge in [-0.05, 0) is 38.1 Å². The SMILES string of the molecule is Cc1cc(C(=O)Nc2cccc(Br)c2)nc(C)n1. The maximum atomic E-state index is 12.0. The van der Waals surface area contributed by atoms with Crippen LogP contribution >= 0.6 is 15.9 Å². The van der Waals surface area contributed by atoms with Gasteiger partial charge in [0.1, 0.15) is 11.5 Å². The molecule has 0 aliphatic heterocycles. The lowest BCUT2D eigenvalue weighted by atomic mass is 10.3. The maximum Gasteiger partial charge on any atom is 0.274 e. The summed E-state index contributed by atoms with van der Waals surface area (Å²) in [5.41, 5.74) is 1.88. The third-order valence-corrected chi connectivity index (χ3v) is 2.77. The highest BCUT2D eigenvalue weighted by molar-refractivity contribution is 9.10. The Morgan fingerprint density at radius 1 is 1.22 bits per heavy atom. The van der Waals surface area contributed by atoms with Crippen LogP contribution in [-0.2, 0) is 0 Å². The summed E-state index contributed by atoms with van der Waals surface area (Å²) in [6.07, 6.45) is 0. The van der Waals surface area contributed by atoms with Crippen LogP contribution < -0.4 is 5.32 Å². The fraction of sp³-hybridized carbons (Fsp3) is 0.154. The van der Waals surface area contributed by atoms with Crippen LogP contribution in [0.4, 0.5) is 5.69 Å². The number of hydrogen-bond donors (Lipinski definition) is 1. The minimum Gasteiger partial charge on any atom is -0.321 e. The zero-order valence-electron chi connectivity index (χ0n) is 10.1. The standard InChI is InChI=1S/C13H12BrN3O/c1-8-6-12(16-9(2)15-8)13(18)17-11-5-3-4-10(14)7-11/h3-7H,1-2H3,(H,17,18). The zero-order valence-corrected chi connectivity index (χ0v) is 11.7. The highest BCUT2D eigenvalue weighted by Crippen LogP contribution is 2.16. The Kier molecular flexibility index (Phi) is 3.72. The van der Waals surface area contributed by atoms with E-state index in [0.29, 0.717) is 11.5 Å². The molecular weight excluding hydrogens is 294 g/mol. The molecule has 1 aromatic heterocycles. The summed E-state index contributed by atoms with van der Waals surface area (Å²) in [6.45, 7) is 3.60. The molecule has 0 unspecified atom stereocenters. The number of halogens is 1. The third kappa shape index (κ3) is 3.13. The van der Waals surface area contributed by atoms with Crippen LogP contribution in [0.1, 0.15) is 22.0 Å². The Bertz CT molecular complexity index is 578. The first-order chi connectivity index (χ1) is 8.54. The second-order valence-electron chi connectivity index (χ2n) is 3.91. The Balaban J connectivity index is 2.22. The lowest BCUT2D eigenvalue weighted by Gasteiger charge is -2.06. The van der Waals surface area contributed by atoms with Crippen molar-refractivity contribution >= 4 is 27.5 Å². The van der Waals surface area contributed by atoms with E-state index in [9.17, 15) is 4.79 Å². The number of aromatic nitrogens is 2. The van der Waals surface area contributed by atoms with Crippen molar-refractivity contribution in [2.24, 2.45) is 0 Å². The number of aryl methyl sites for hydroxylation is 2. The number of carbonyl (C=O) groups is 1. The summed E-state index contributed by atoms with van der Waals surface area (Å²) in [5.74, 6) is 0.357. The zero-order chi connectivity index (χ0) is 13.1. The number of nitrogens with one attached hydrogen (secondary N) is 1. The topological polar surface area (TPSA) is 54.9 Å². The lowest BCUT2D eigenvalue weighted by molar-refractivity contribution is 0.102. The van der Waals surface area contributed by atoms with Crippen molar-refractivity contribution in [3.8, 4) is 0 Å². The van der Waals surface area contributed by atoms with E-state index in [2.05, 4.69) is 31.2 Å². The van der Waals surface area contributed by atoms with Crippen LogP contribution in [0.25, 0.3) is 0 Å². The predicted octanol–water partition coefficient (Wildman–Crippen LogP) is 3.11. The molecule has 1 amide bonds. The first-order valence-corrected chi connectivity index (χ1v) is 6.23. The van der Waals surface area contributed by atoms with Crippen LogP contribution in [0, 0.1) is 13.8 Å². The molecule has 0 radical (unpaired) electrons. The molecule has 0 bridgehead atoms. The van der Waals surface area contributed by atoms with Gasteiger partial charge in [-0.25, -0.2) is 9.97 Å². The van der Waals surface area contributed by atoms with E-state index in [0.717, 1.165) is 15.9 Å². The fourth-order valence-electron chi connectivity index (χ4n) is 1.59. The number of hydrogen-bond acceptors (Lipinski definition) is 3. The van der Waals surface area contributed by atoms with Gasteiger partial charge in [0.15, 0.2) is 0 Å². The van der Waals surface area contributed by atoms with Gasteiger partial charge in [-0.1, -0.05) is 22.0 Å². The molecule has 0 fully saturated rings. The van der Waals surface area contributed by atoms with Crippen LogP contribution in [0.2, 0.25) is 0 Å². The summed E-state index contributed by atoms with van der Waals surface area (Å²) < 4.78 is 0.912. The minimum atomic E-state index is -0.235. The van der Waals surface area contributed by atoms with Gasteiger partial charge >= 0.3 is 0 Å². The molecule has 2 rings (SSSR count). The van der Waals surface area contributed by atoms with Crippen molar-refractivity contribution < 1.29 is 4.79 Å². The van der Waals surface area contributed by atoms with Crippen LogP contribution in [0.15, 0.2) is 34.8 Å². The van der Waals surface area contributed by atoms with E-state index in [1.807, 2.05) is 31.2 Å². The summed E-state index contributed by atoms with van der Waals surface area (Å²) in [7, 11) is 0. The van der Waals surface area contributed by atoms with Gasteiger partial charge in [-0.3, -0.25) is 4.79 Å². The number of rotatable bonds is 2. The monoisotopic (exact) mass is 305 g/mol. The number of nitrogens with zero attached hydrogens (tertiary/aromatic N) is 2. The van der Waals surface area contributed by atoms with Crippen molar-refractivity contribution in [3.05, 3.63) is 52.0 Å². The molecule has 1 aromatic carbocycles. The van der Waals surface area contributed by atoms with Crippen molar-refractivity contribution in [3.63, 3.8) is 0 Å². The van der Waals surface area contributed by atoms with Crippen LogP contribution in [-0.4, -0.2) is 15.9 Å². The molecule has 0 spiro atoms. The molecule has 1 heterocycles. The molecule has 0 saturated carbocycles. The second-order valence-corrected chi connectivity index (χ2v) is 4.82. The smallest absolute Gasteiger partial charge is 0.274 e. The maximum absolute atomic E-state index is 12.0. The fourth-order valence-corrected chi connectivity index (χ4v) is 1.99. The first kappa shape index (κ1) is 12.7. The number of benzene rings is 1. The number of carbonyl (C=O) groups excluding carboxylic acids is 1. The summed E-state index contributed by atoms with van der Waals surface area (Å²) in [5, 5.41) is 2.79. The van der Waals surface area contributed by atoms with Gasteiger partial charge in [0.05, 0.1) is 0 Å². The minimum absolute atomic E-state index is 0.235. The average molecular weight is 306 g/mol. The lowest BCUT2D eigenvalue weighted by Crippen LogP contribution is -2.15. The van der Waals surface area contributed by atoms with E-state index in [1.165, 1.54) is 0 Å². The Morgan fingerprint density at radius 3 is 2.67 bits per heavy atom. The second kappa shape index (κ2) is 5.27. The first-order valence-electron chi connectivity index (χ1n) is 5.44. The van der Waals surface area contributed by atoms with Crippen molar-refractivity contribution in [1.29, 1.82) is 0 Å². The highest BCUT2D eigenvalue weighted by atomic mass is 79.9. The predicted molar refractivity (Wildman–Crippen MR) is 73.6 cm³/mol. The van der Waals surface area contributed by atoms with Gasteiger partial charge in [0.25, 0.3) is 5.91 Å². The van der Waals surface area contributed by atoms with E-state index < -0.39 is 0 Å². The van der Waals surface area contributed by atoms with Gasteiger partial charge in [0, 0.05) is 15.9 Å². The number of amides is 1. The Hall–Kier alpha value is -1.75. The van der Waals surface area contributed by atoms with Crippen molar-refractivity contribution in [1.82, 2.24) is 9.97 Å². The molecule has 4 nitrogen and oxygen atoms in total. The molecule has 1 N–H and O–H groups in total. The van der Waals surface area contributed by atoms with Crippen LogP contribution in [0.3, 0.4) is 0 Å². The quantitative estimate of drug-likeness (QED) is 0.927. The van der Waals surface area contributed by atoms with Gasteiger partial charge in [-0.2, -0.15) is 0 Å². The van der Waals surface area contributed by atoms with E-state index in [1.54, 1.807) is 13.0 Å². The molecular formula is C13H12BrN3O. The van der Waals surface area contributed by atoms with Crippen molar-refractivity contribution in [2.45, 2.75) is 13.8 Å². The largest absolute Gasteiger partial charge is 0.321 e. The van der Waals surface area contributed by atoms with Gasteiger partial charge in [0.2, 0.25) is 0 Å². The van der Waals surface area contributed by atoms with Crippen molar-refractivity contribution in [2.75, 3.05) is 5.32 Å². The van der Waals surface area contributed by atoms with E-state index >= 15 is 0 Å². The van der Waals surface area contributed by atoms with E-state index in [4.69, 9.17) is 0 Å². The summed E-state index contributed by atoms with van der Waals surface area (Å²) in [6, 6.07) is 9.08. The Labute approximate surface area is 114 Å². The molecule has 18 heavy (non-hydrogen) atoms. The summed E-state index contributed by atoms with van der Waals surface area (Å²) in [4.78, 5) is 20.3. The van der Waals surface area contributed by atoms with Gasteiger partial charge in [-0.15, -0.1) is 0 Å². The molecule has 0 aliphatic rings. The average Bonchev–Trinajstić information content (AvgIpc) is 2.27. The molecule has 5 heteroatoms. The normalized spacial score (nSPS) is 10.2.